The third kappa shape index (κ3) is 5.37. The summed E-state index contributed by atoms with van der Waals surface area (Å²) < 4.78 is 18.2. The topological polar surface area (TPSA) is 21.3 Å². The van der Waals surface area contributed by atoms with Gasteiger partial charge in [-0.2, -0.15) is 0 Å². The van der Waals surface area contributed by atoms with Gasteiger partial charge >= 0.3 is 0 Å². The number of unbranched alkanes of at least 4 members (excludes halogenated alkanes) is 1. The molecular weight excluding hydrogens is 193 g/mol. The molecule has 0 aliphatic rings. The van der Waals surface area contributed by atoms with Crippen molar-refractivity contribution in [3.8, 4) is 5.75 Å². The normalized spacial score (nSPS) is 10.3. The third-order valence-electron chi connectivity index (χ3n) is 2.06. The number of hydrogen-bond donors (Lipinski definition) is 1. The molecule has 0 saturated carbocycles. The first kappa shape index (κ1) is 12.0. The van der Waals surface area contributed by atoms with Crippen molar-refractivity contribution >= 4 is 0 Å². The van der Waals surface area contributed by atoms with E-state index in [-0.39, 0.29) is 5.82 Å². The molecule has 1 N–H and O–H groups in total. The van der Waals surface area contributed by atoms with Crippen LogP contribution in [0.2, 0.25) is 0 Å². The summed E-state index contributed by atoms with van der Waals surface area (Å²) in [6, 6.07) is 6.25. The lowest BCUT2D eigenvalue weighted by Gasteiger charge is -2.06. The molecule has 0 heterocycles. The van der Waals surface area contributed by atoms with Crippen LogP contribution in [0.3, 0.4) is 0 Å². The summed E-state index contributed by atoms with van der Waals surface area (Å²) >= 11 is 0. The van der Waals surface area contributed by atoms with Crippen molar-refractivity contribution in [3.63, 3.8) is 0 Å². The number of benzene rings is 1. The van der Waals surface area contributed by atoms with Gasteiger partial charge in [0.25, 0.3) is 0 Å². The Kier molecular flexibility index (Phi) is 5.78. The fourth-order valence-electron chi connectivity index (χ4n) is 1.28. The van der Waals surface area contributed by atoms with Gasteiger partial charge in [0, 0.05) is 6.07 Å². The molecule has 0 atom stereocenters. The van der Waals surface area contributed by atoms with E-state index >= 15 is 0 Å². The zero-order valence-electron chi connectivity index (χ0n) is 9.13. The van der Waals surface area contributed by atoms with E-state index in [2.05, 4.69) is 12.2 Å². The predicted molar refractivity (Wildman–Crippen MR) is 59.7 cm³/mol. The molecule has 2 nitrogen and oxygen atoms in total. The number of hydrogen-bond acceptors (Lipinski definition) is 2. The Bertz CT molecular complexity index is 278. The Morgan fingerprint density at radius 3 is 2.93 bits per heavy atom. The molecule has 3 heteroatoms. The van der Waals surface area contributed by atoms with Crippen molar-refractivity contribution in [2.75, 3.05) is 19.7 Å². The molecule has 0 radical (unpaired) electrons. The Labute approximate surface area is 90.4 Å². The molecular formula is C12H18FNO. The van der Waals surface area contributed by atoms with E-state index in [1.54, 1.807) is 12.1 Å². The van der Waals surface area contributed by atoms with Crippen LogP contribution in [0, 0.1) is 5.82 Å². The van der Waals surface area contributed by atoms with Gasteiger partial charge in [0.2, 0.25) is 0 Å². The van der Waals surface area contributed by atoms with Crippen molar-refractivity contribution in [1.82, 2.24) is 5.32 Å². The highest BCUT2D eigenvalue weighted by molar-refractivity contribution is 5.22. The molecule has 0 fully saturated rings. The van der Waals surface area contributed by atoms with E-state index in [0.717, 1.165) is 25.9 Å². The lowest BCUT2D eigenvalue weighted by atomic mass is 10.3. The lowest BCUT2D eigenvalue weighted by molar-refractivity contribution is 0.304. The maximum Gasteiger partial charge on any atom is 0.126 e. The summed E-state index contributed by atoms with van der Waals surface area (Å²) in [6.45, 7) is 4.76. The Hall–Kier alpha value is -1.09. The second-order valence-corrected chi connectivity index (χ2v) is 3.37. The van der Waals surface area contributed by atoms with Crippen molar-refractivity contribution in [2.24, 2.45) is 0 Å². The van der Waals surface area contributed by atoms with Crippen LogP contribution < -0.4 is 10.1 Å². The molecule has 15 heavy (non-hydrogen) atoms. The van der Waals surface area contributed by atoms with Gasteiger partial charge in [-0.1, -0.05) is 13.0 Å². The van der Waals surface area contributed by atoms with E-state index in [9.17, 15) is 4.39 Å². The molecule has 1 aromatic rings. The Morgan fingerprint density at radius 2 is 2.20 bits per heavy atom. The van der Waals surface area contributed by atoms with Crippen LogP contribution >= 0.6 is 0 Å². The number of rotatable bonds is 7. The number of nitrogens with one attached hydrogen (secondary N) is 1. The summed E-state index contributed by atoms with van der Waals surface area (Å²) in [5.41, 5.74) is 0. The van der Waals surface area contributed by atoms with Crippen molar-refractivity contribution < 1.29 is 9.13 Å². The smallest absolute Gasteiger partial charge is 0.126 e. The molecule has 0 unspecified atom stereocenters. The van der Waals surface area contributed by atoms with Crippen molar-refractivity contribution in [2.45, 2.75) is 19.8 Å². The zero-order valence-corrected chi connectivity index (χ0v) is 9.13. The largest absolute Gasteiger partial charge is 0.493 e. The first-order valence-electron chi connectivity index (χ1n) is 5.42. The quantitative estimate of drug-likeness (QED) is 0.700. The Balaban J connectivity index is 2.10. The lowest BCUT2D eigenvalue weighted by Crippen LogP contribution is -2.14. The van der Waals surface area contributed by atoms with Crippen LogP contribution in [0.1, 0.15) is 19.8 Å². The summed E-state index contributed by atoms with van der Waals surface area (Å²) in [5, 5.41) is 3.24. The molecule has 0 spiro atoms. The summed E-state index contributed by atoms with van der Waals surface area (Å²) in [4.78, 5) is 0. The monoisotopic (exact) mass is 211 g/mol. The first-order chi connectivity index (χ1) is 7.33. The van der Waals surface area contributed by atoms with Crippen molar-refractivity contribution in [1.29, 1.82) is 0 Å². The molecule has 1 rings (SSSR count). The molecule has 0 amide bonds. The van der Waals surface area contributed by atoms with E-state index in [4.69, 9.17) is 4.74 Å². The van der Waals surface area contributed by atoms with Gasteiger partial charge < -0.3 is 10.1 Å². The minimum Gasteiger partial charge on any atom is -0.493 e. The predicted octanol–water partition coefficient (Wildman–Crippen LogP) is 2.59. The minimum absolute atomic E-state index is 0.250. The van der Waals surface area contributed by atoms with Crippen LogP contribution in [-0.4, -0.2) is 19.7 Å². The number of halogens is 1. The van der Waals surface area contributed by atoms with Crippen LogP contribution in [0.15, 0.2) is 24.3 Å². The second kappa shape index (κ2) is 7.23. The molecule has 0 saturated heterocycles. The summed E-state index contributed by atoms with van der Waals surface area (Å²) in [5.74, 6) is 0.360. The van der Waals surface area contributed by atoms with Crippen molar-refractivity contribution in [3.05, 3.63) is 30.1 Å². The van der Waals surface area contributed by atoms with Gasteiger partial charge in [0.15, 0.2) is 0 Å². The standard InChI is InChI=1S/C12H18FNO/c1-2-14-8-3-4-9-15-12-7-5-6-11(13)10-12/h5-7,10,14H,2-4,8-9H2,1H3. The molecule has 0 bridgehead atoms. The maximum atomic E-state index is 12.8. The highest BCUT2D eigenvalue weighted by Gasteiger charge is 1.95. The van der Waals surface area contributed by atoms with Gasteiger partial charge in [0.05, 0.1) is 6.61 Å². The van der Waals surface area contributed by atoms with Crippen LogP contribution in [0.25, 0.3) is 0 Å². The SMILES string of the molecule is CCNCCCCOc1cccc(F)c1. The zero-order chi connectivity index (χ0) is 10.9. The van der Waals surface area contributed by atoms with E-state index < -0.39 is 0 Å². The number of ether oxygens (including phenoxy) is 1. The molecule has 0 aliphatic carbocycles. The van der Waals surface area contributed by atoms with E-state index in [1.807, 2.05) is 0 Å². The molecule has 0 aromatic heterocycles. The fourth-order valence-corrected chi connectivity index (χ4v) is 1.28. The Morgan fingerprint density at radius 1 is 1.33 bits per heavy atom. The van der Waals surface area contributed by atoms with E-state index in [1.165, 1.54) is 12.1 Å². The summed E-state index contributed by atoms with van der Waals surface area (Å²) in [7, 11) is 0. The van der Waals surface area contributed by atoms with E-state index in [0.29, 0.717) is 12.4 Å². The molecule has 1 aromatic carbocycles. The average molecular weight is 211 g/mol. The van der Waals surface area contributed by atoms with Gasteiger partial charge in [-0.05, 0) is 38.1 Å². The van der Waals surface area contributed by atoms with Crippen LogP contribution in [0.5, 0.6) is 5.75 Å². The summed E-state index contributed by atoms with van der Waals surface area (Å²) in [6.07, 6.45) is 2.08. The van der Waals surface area contributed by atoms with Gasteiger partial charge in [-0.25, -0.2) is 4.39 Å². The highest BCUT2D eigenvalue weighted by atomic mass is 19.1. The highest BCUT2D eigenvalue weighted by Crippen LogP contribution is 2.12. The minimum atomic E-state index is -0.250. The third-order valence-corrected chi connectivity index (χ3v) is 2.06. The average Bonchev–Trinajstić information content (AvgIpc) is 2.23. The van der Waals surface area contributed by atoms with Gasteiger partial charge in [-0.3, -0.25) is 0 Å². The van der Waals surface area contributed by atoms with Crippen LogP contribution in [-0.2, 0) is 0 Å². The van der Waals surface area contributed by atoms with Gasteiger partial charge in [-0.15, -0.1) is 0 Å². The second-order valence-electron chi connectivity index (χ2n) is 3.37. The van der Waals surface area contributed by atoms with Gasteiger partial charge in [0.1, 0.15) is 11.6 Å². The molecule has 84 valence electrons. The fraction of sp³-hybridized carbons (Fsp3) is 0.500. The van der Waals surface area contributed by atoms with Crippen LogP contribution in [0.4, 0.5) is 4.39 Å². The maximum absolute atomic E-state index is 12.8. The molecule has 0 aliphatic heterocycles. The first-order valence-corrected chi connectivity index (χ1v) is 5.42.